The van der Waals surface area contributed by atoms with Gasteiger partial charge in [-0.2, -0.15) is 13.2 Å². The fraction of sp³-hybridized carbons (Fsp3) is 0.172. The van der Waals surface area contributed by atoms with E-state index in [1.807, 2.05) is 0 Å². The van der Waals surface area contributed by atoms with Crippen LogP contribution in [0.1, 0.15) is 21.9 Å². The number of hydrogen-bond acceptors (Lipinski definition) is 8. The highest BCUT2D eigenvalue weighted by Gasteiger charge is 2.57. The number of imide groups is 1. The van der Waals surface area contributed by atoms with Gasteiger partial charge in [0.05, 0.1) is 32.8 Å². The van der Waals surface area contributed by atoms with Gasteiger partial charge >= 0.3 is 11.0 Å². The Morgan fingerprint density at radius 2 is 1.64 bits per heavy atom. The van der Waals surface area contributed by atoms with Crippen LogP contribution in [-0.4, -0.2) is 32.5 Å². The average Bonchev–Trinajstić information content (AvgIpc) is 3.43. The normalized spacial score (nSPS) is 19.3. The van der Waals surface area contributed by atoms with Gasteiger partial charge in [-0.25, -0.2) is 4.90 Å². The van der Waals surface area contributed by atoms with Crippen LogP contribution in [0.2, 0.25) is 5.02 Å². The first-order valence-corrected chi connectivity index (χ1v) is 15.2. The maximum atomic E-state index is 13.9. The molecule has 230 valence electrons. The Balaban J connectivity index is 1.39. The van der Waals surface area contributed by atoms with E-state index in [1.54, 1.807) is 24.3 Å². The molecule has 3 heterocycles. The number of halogens is 4. The zero-order valence-corrected chi connectivity index (χ0v) is 24.9. The first-order chi connectivity index (χ1) is 21.3. The minimum Gasteiger partial charge on any atom is -0.324 e. The van der Waals surface area contributed by atoms with Crippen molar-refractivity contribution in [1.82, 2.24) is 4.57 Å². The fourth-order valence-corrected chi connectivity index (χ4v) is 8.33. The van der Waals surface area contributed by atoms with Crippen LogP contribution >= 0.6 is 34.7 Å². The van der Waals surface area contributed by atoms with Crippen LogP contribution < -0.4 is 15.1 Å². The van der Waals surface area contributed by atoms with Crippen molar-refractivity contribution in [1.29, 1.82) is 0 Å². The molecule has 1 N–H and O–H groups in total. The third-order valence-electron chi connectivity index (χ3n) is 7.41. The molecule has 0 bridgehead atoms. The number of aromatic nitrogens is 1. The number of fused-ring (bicyclic) bond motifs is 2. The van der Waals surface area contributed by atoms with Gasteiger partial charge in [0, 0.05) is 28.0 Å². The van der Waals surface area contributed by atoms with Gasteiger partial charge in [0.1, 0.15) is 11.8 Å². The molecule has 10 nitrogen and oxygen atoms in total. The van der Waals surface area contributed by atoms with E-state index >= 15 is 0 Å². The quantitative estimate of drug-likeness (QED) is 0.152. The van der Waals surface area contributed by atoms with E-state index in [9.17, 15) is 42.5 Å². The van der Waals surface area contributed by atoms with Crippen molar-refractivity contribution in [2.75, 3.05) is 10.2 Å². The molecule has 6 rings (SSSR count). The highest BCUT2D eigenvalue weighted by Crippen LogP contribution is 2.54. The Hall–Kier alpha value is -4.47. The number of alkyl halides is 3. The maximum Gasteiger partial charge on any atom is 0.418 e. The van der Waals surface area contributed by atoms with Gasteiger partial charge in [0.15, 0.2) is 0 Å². The second kappa shape index (κ2) is 11.5. The Kier molecular flexibility index (Phi) is 7.79. The molecule has 2 aliphatic rings. The molecule has 1 aromatic heterocycles. The van der Waals surface area contributed by atoms with Crippen molar-refractivity contribution in [2.24, 2.45) is 5.92 Å². The summed E-state index contributed by atoms with van der Waals surface area (Å²) in [5.74, 6) is -3.89. The summed E-state index contributed by atoms with van der Waals surface area (Å²) >= 11 is 7.79. The molecule has 3 atom stereocenters. The van der Waals surface area contributed by atoms with E-state index in [-0.39, 0.29) is 16.4 Å². The van der Waals surface area contributed by atoms with E-state index in [1.165, 1.54) is 36.4 Å². The molecule has 4 aromatic rings. The summed E-state index contributed by atoms with van der Waals surface area (Å²) in [5.41, 5.74) is -1.07. The molecule has 1 fully saturated rings. The van der Waals surface area contributed by atoms with Crippen molar-refractivity contribution < 1.29 is 32.5 Å². The number of thiazole rings is 1. The number of para-hydroxylation sites is 1. The number of anilines is 2. The maximum absolute atomic E-state index is 13.9. The molecule has 3 amide bonds. The van der Waals surface area contributed by atoms with Crippen LogP contribution in [-0.2, 0) is 27.1 Å². The zero-order valence-electron chi connectivity index (χ0n) is 22.5. The summed E-state index contributed by atoms with van der Waals surface area (Å²) in [6.07, 6.45) is -4.73. The lowest BCUT2D eigenvalue weighted by atomic mass is 9.83. The topological polar surface area (TPSA) is 132 Å². The van der Waals surface area contributed by atoms with E-state index < -0.39 is 68.6 Å². The number of non-ortho nitro benzene ring substituents is 1. The number of carbonyl (C=O) groups excluding carboxylic acids is 3. The van der Waals surface area contributed by atoms with Gasteiger partial charge < -0.3 is 5.32 Å². The van der Waals surface area contributed by atoms with Gasteiger partial charge in [-0.1, -0.05) is 59.0 Å². The molecular weight excluding hydrogens is 657 g/mol. The summed E-state index contributed by atoms with van der Waals surface area (Å²) in [7, 11) is 0. The molecule has 1 saturated heterocycles. The van der Waals surface area contributed by atoms with Crippen molar-refractivity contribution >= 4 is 69.5 Å². The van der Waals surface area contributed by atoms with Crippen LogP contribution in [0.15, 0.2) is 82.6 Å². The number of nitro benzene ring substituents is 1. The van der Waals surface area contributed by atoms with Crippen molar-refractivity contribution in [3.8, 4) is 0 Å². The van der Waals surface area contributed by atoms with Crippen molar-refractivity contribution in [3.05, 3.63) is 114 Å². The zero-order chi connectivity index (χ0) is 32.2. The second-order valence-corrected chi connectivity index (χ2v) is 12.7. The Labute approximate surface area is 264 Å². The first-order valence-electron chi connectivity index (χ1n) is 13.1. The number of nitrogens with zero attached hydrogens (tertiary/aromatic N) is 3. The highest BCUT2D eigenvalue weighted by atomic mass is 35.5. The Bertz CT molecular complexity index is 1930. The third-order valence-corrected chi connectivity index (χ3v) is 10.3. The average molecular weight is 675 g/mol. The SMILES string of the molecule is O=C(Cn1c2c(sc1=O)[C@@H](c1ccc(Cl)cc1)[C@@H]1C(=O)N(c3ccc([N+](=O)[O-])cc3)C(=O)[C@@H]1S2)Nc1ccccc1C(F)(F)F. The summed E-state index contributed by atoms with van der Waals surface area (Å²) in [6.45, 7) is -0.650. The molecule has 16 heteroatoms. The number of rotatable bonds is 6. The second-order valence-electron chi connectivity index (χ2n) is 10.1. The van der Waals surface area contributed by atoms with Crippen LogP contribution in [0.4, 0.5) is 30.2 Å². The molecule has 0 spiro atoms. The van der Waals surface area contributed by atoms with E-state index in [4.69, 9.17) is 11.6 Å². The van der Waals surface area contributed by atoms with Gasteiger partial charge in [-0.15, -0.1) is 0 Å². The highest BCUT2D eigenvalue weighted by molar-refractivity contribution is 8.00. The number of nitrogens with one attached hydrogen (secondary N) is 1. The Morgan fingerprint density at radius 3 is 2.29 bits per heavy atom. The predicted molar refractivity (Wildman–Crippen MR) is 161 cm³/mol. The van der Waals surface area contributed by atoms with Gasteiger partial charge in [0.25, 0.3) is 5.69 Å². The molecule has 0 aliphatic carbocycles. The lowest BCUT2D eigenvalue weighted by Gasteiger charge is -2.30. The summed E-state index contributed by atoms with van der Waals surface area (Å²) in [5, 5.41) is 12.9. The predicted octanol–water partition coefficient (Wildman–Crippen LogP) is 5.92. The van der Waals surface area contributed by atoms with Crippen LogP contribution in [0.5, 0.6) is 0 Å². The fourth-order valence-electron chi connectivity index (χ4n) is 5.44. The minimum absolute atomic E-state index is 0.129. The van der Waals surface area contributed by atoms with Gasteiger partial charge in [-0.3, -0.25) is 33.9 Å². The van der Waals surface area contributed by atoms with Gasteiger partial charge in [0.2, 0.25) is 17.7 Å². The largest absolute Gasteiger partial charge is 0.418 e. The lowest BCUT2D eigenvalue weighted by molar-refractivity contribution is -0.384. The van der Waals surface area contributed by atoms with E-state index in [2.05, 4.69) is 5.32 Å². The Morgan fingerprint density at radius 1 is 0.978 bits per heavy atom. The van der Waals surface area contributed by atoms with Crippen molar-refractivity contribution in [3.63, 3.8) is 0 Å². The van der Waals surface area contributed by atoms with Crippen LogP contribution in [0.3, 0.4) is 0 Å². The summed E-state index contributed by atoms with van der Waals surface area (Å²) < 4.78 is 41.5. The molecule has 0 radical (unpaired) electrons. The number of nitro groups is 1. The monoisotopic (exact) mass is 674 g/mol. The van der Waals surface area contributed by atoms with E-state index in [0.29, 0.717) is 15.5 Å². The summed E-state index contributed by atoms with van der Waals surface area (Å²) in [6, 6.07) is 15.9. The standard InChI is InChI=1S/C29H18ClF3N4O6S2/c30-15-7-5-14(6-8-15)21-22-23(26(40)36(25(22)39)16-9-11-17(12-10-16)37(42)43)44-27-24(21)45-28(41)35(27)13-20(38)34-19-4-2-1-3-18(19)29(31,32)33/h1-12,21-23H,13H2,(H,34,38)/t21-,22-,23+/m0/s1. The smallest absolute Gasteiger partial charge is 0.324 e. The lowest BCUT2D eigenvalue weighted by Crippen LogP contribution is -2.33. The number of benzene rings is 3. The summed E-state index contributed by atoms with van der Waals surface area (Å²) in [4.78, 5) is 65.2. The van der Waals surface area contributed by atoms with E-state index in [0.717, 1.165) is 44.7 Å². The van der Waals surface area contributed by atoms with Crippen LogP contribution in [0, 0.1) is 16.0 Å². The van der Waals surface area contributed by atoms with Gasteiger partial charge in [-0.05, 0) is 42.0 Å². The van der Waals surface area contributed by atoms with Crippen LogP contribution in [0.25, 0.3) is 0 Å². The molecule has 3 aromatic carbocycles. The molecule has 0 unspecified atom stereocenters. The molecule has 45 heavy (non-hydrogen) atoms. The minimum atomic E-state index is -4.73. The third kappa shape index (κ3) is 5.51. The number of thioether (sulfide) groups is 1. The van der Waals surface area contributed by atoms with Crippen molar-refractivity contribution in [2.45, 2.75) is 28.9 Å². The number of amides is 3. The molecule has 0 saturated carbocycles. The first kappa shape index (κ1) is 30.6. The molecule has 2 aliphatic heterocycles. The number of carbonyl (C=O) groups is 3. The number of hydrogen-bond donors (Lipinski definition) is 1. The molecular formula is C29H18ClF3N4O6S2.